The third kappa shape index (κ3) is 3.45. The number of benzene rings is 1. The fourth-order valence-corrected chi connectivity index (χ4v) is 2.12. The molecule has 2 rings (SSSR count). The molecule has 1 unspecified atom stereocenters. The zero-order valence-electron chi connectivity index (χ0n) is 11.4. The van der Waals surface area contributed by atoms with Gasteiger partial charge in [-0.05, 0) is 18.6 Å². The SMILES string of the molecule is COc1cccc2ccc(CC(N)CCC(=O)O)nc12. The molecule has 1 atom stereocenters. The number of aliphatic carboxylic acids is 1. The van der Waals surface area contributed by atoms with Crippen molar-refractivity contribution in [2.75, 3.05) is 7.11 Å². The fourth-order valence-electron chi connectivity index (χ4n) is 2.12. The molecule has 0 fully saturated rings. The molecule has 1 heterocycles. The Morgan fingerprint density at radius 3 is 2.90 bits per heavy atom. The maximum absolute atomic E-state index is 10.5. The van der Waals surface area contributed by atoms with E-state index in [0.717, 1.165) is 22.3 Å². The maximum Gasteiger partial charge on any atom is 0.303 e. The minimum atomic E-state index is -0.825. The van der Waals surface area contributed by atoms with Gasteiger partial charge in [-0.3, -0.25) is 4.79 Å². The predicted octanol–water partition coefficient (Wildman–Crippen LogP) is 1.98. The van der Waals surface area contributed by atoms with Gasteiger partial charge in [0.05, 0.1) is 7.11 Å². The van der Waals surface area contributed by atoms with Gasteiger partial charge in [0.2, 0.25) is 0 Å². The lowest BCUT2D eigenvalue weighted by molar-refractivity contribution is -0.137. The third-order valence-corrected chi connectivity index (χ3v) is 3.16. The van der Waals surface area contributed by atoms with Crippen LogP contribution in [-0.4, -0.2) is 29.2 Å². The summed E-state index contributed by atoms with van der Waals surface area (Å²) in [6, 6.07) is 9.45. The van der Waals surface area contributed by atoms with Crippen LogP contribution < -0.4 is 10.5 Å². The highest BCUT2D eigenvalue weighted by Gasteiger charge is 2.09. The van der Waals surface area contributed by atoms with Crippen LogP contribution in [0.5, 0.6) is 5.75 Å². The highest BCUT2D eigenvalue weighted by molar-refractivity contribution is 5.84. The van der Waals surface area contributed by atoms with Gasteiger partial charge in [-0.2, -0.15) is 0 Å². The first kappa shape index (κ1) is 14.3. The topological polar surface area (TPSA) is 85.4 Å². The molecule has 0 amide bonds. The first-order valence-electron chi connectivity index (χ1n) is 6.50. The van der Waals surface area contributed by atoms with Gasteiger partial charge < -0.3 is 15.6 Å². The first-order chi connectivity index (χ1) is 9.60. The van der Waals surface area contributed by atoms with Crippen molar-refractivity contribution in [2.45, 2.75) is 25.3 Å². The van der Waals surface area contributed by atoms with E-state index in [2.05, 4.69) is 4.98 Å². The number of carbonyl (C=O) groups is 1. The molecule has 0 aliphatic rings. The molecule has 106 valence electrons. The number of pyridine rings is 1. The van der Waals surface area contributed by atoms with Crippen molar-refractivity contribution >= 4 is 16.9 Å². The van der Waals surface area contributed by atoms with Crippen molar-refractivity contribution in [3.8, 4) is 5.75 Å². The number of carboxylic acid groups (broad SMARTS) is 1. The lowest BCUT2D eigenvalue weighted by Gasteiger charge is -2.11. The van der Waals surface area contributed by atoms with E-state index >= 15 is 0 Å². The molecule has 1 aromatic carbocycles. The van der Waals surface area contributed by atoms with Crippen molar-refractivity contribution in [2.24, 2.45) is 5.73 Å². The smallest absolute Gasteiger partial charge is 0.303 e. The van der Waals surface area contributed by atoms with Crippen molar-refractivity contribution in [3.63, 3.8) is 0 Å². The van der Waals surface area contributed by atoms with E-state index in [4.69, 9.17) is 15.6 Å². The van der Waals surface area contributed by atoms with E-state index < -0.39 is 5.97 Å². The molecular formula is C15H18N2O3. The average molecular weight is 274 g/mol. The van der Waals surface area contributed by atoms with Crippen LogP contribution in [0, 0.1) is 0 Å². The molecule has 2 aromatic rings. The van der Waals surface area contributed by atoms with Crippen LogP contribution >= 0.6 is 0 Å². The Morgan fingerprint density at radius 2 is 2.20 bits per heavy atom. The van der Waals surface area contributed by atoms with Gasteiger partial charge in [0.1, 0.15) is 11.3 Å². The second kappa shape index (κ2) is 6.34. The number of methoxy groups -OCH3 is 1. The molecule has 0 saturated heterocycles. The Balaban J connectivity index is 2.16. The Hall–Kier alpha value is -2.14. The van der Waals surface area contributed by atoms with Crippen LogP contribution in [0.1, 0.15) is 18.5 Å². The van der Waals surface area contributed by atoms with E-state index in [1.54, 1.807) is 7.11 Å². The van der Waals surface area contributed by atoms with Crippen molar-refractivity contribution in [1.82, 2.24) is 4.98 Å². The summed E-state index contributed by atoms with van der Waals surface area (Å²) in [6.45, 7) is 0. The summed E-state index contributed by atoms with van der Waals surface area (Å²) >= 11 is 0. The first-order valence-corrected chi connectivity index (χ1v) is 6.50. The van der Waals surface area contributed by atoms with E-state index in [0.29, 0.717) is 12.8 Å². The lowest BCUT2D eigenvalue weighted by atomic mass is 10.1. The third-order valence-electron chi connectivity index (χ3n) is 3.16. The average Bonchev–Trinajstić information content (AvgIpc) is 2.44. The second-order valence-corrected chi connectivity index (χ2v) is 4.73. The number of fused-ring (bicyclic) bond motifs is 1. The monoisotopic (exact) mass is 274 g/mol. The largest absolute Gasteiger partial charge is 0.494 e. The van der Waals surface area contributed by atoms with Gasteiger partial charge in [0.25, 0.3) is 0 Å². The molecule has 0 radical (unpaired) electrons. The van der Waals surface area contributed by atoms with Crippen LogP contribution in [0.15, 0.2) is 30.3 Å². The van der Waals surface area contributed by atoms with Gasteiger partial charge in [-0.1, -0.05) is 18.2 Å². The Morgan fingerprint density at radius 1 is 1.40 bits per heavy atom. The fraction of sp³-hybridized carbons (Fsp3) is 0.333. The number of rotatable bonds is 6. The summed E-state index contributed by atoms with van der Waals surface area (Å²) in [5, 5.41) is 9.66. The minimum absolute atomic E-state index is 0.0814. The molecule has 0 spiro atoms. The normalized spacial score (nSPS) is 12.3. The van der Waals surface area contributed by atoms with Crippen molar-refractivity contribution in [3.05, 3.63) is 36.0 Å². The van der Waals surface area contributed by atoms with Crippen LogP contribution in [0.25, 0.3) is 10.9 Å². The summed E-state index contributed by atoms with van der Waals surface area (Å²) in [5.41, 5.74) is 7.58. The number of nitrogens with zero attached hydrogens (tertiary/aromatic N) is 1. The van der Waals surface area contributed by atoms with E-state index in [1.807, 2.05) is 30.3 Å². The van der Waals surface area contributed by atoms with Crippen molar-refractivity contribution < 1.29 is 14.6 Å². The number of nitrogens with two attached hydrogens (primary N) is 1. The second-order valence-electron chi connectivity index (χ2n) is 4.73. The Bertz CT molecular complexity index is 613. The summed E-state index contributed by atoms with van der Waals surface area (Å²) < 4.78 is 5.29. The number of hydrogen-bond acceptors (Lipinski definition) is 4. The van der Waals surface area contributed by atoms with Crippen LogP contribution in [0.2, 0.25) is 0 Å². The van der Waals surface area contributed by atoms with Crippen LogP contribution in [0.3, 0.4) is 0 Å². The van der Waals surface area contributed by atoms with Gasteiger partial charge in [-0.25, -0.2) is 4.98 Å². The van der Waals surface area contributed by atoms with Crippen molar-refractivity contribution in [1.29, 1.82) is 0 Å². The summed E-state index contributed by atoms with van der Waals surface area (Å²) in [6.07, 6.45) is 1.08. The van der Waals surface area contributed by atoms with Gasteiger partial charge >= 0.3 is 5.97 Å². The van der Waals surface area contributed by atoms with E-state index in [-0.39, 0.29) is 12.5 Å². The number of aromatic nitrogens is 1. The minimum Gasteiger partial charge on any atom is -0.494 e. The highest BCUT2D eigenvalue weighted by atomic mass is 16.5. The standard InChI is InChI=1S/C15H18N2O3/c1-20-13-4-2-3-10-5-7-12(17-15(10)13)9-11(16)6-8-14(18)19/h2-5,7,11H,6,8-9,16H2,1H3,(H,18,19). The lowest BCUT2D eigenvalue weighted by Crippen LogP contribution is -2.24. The molecule has 5 nitrogen and oxygen atoms in total. The molecule has 0 saturated carbocycles. The van der Waals surface area contributed by atoms with Gasteiger partial charge in [0.15, 0.2) is 0 Å². The van der Waals surface area contributed by atoms with Crippen LogP contribution in [0.4, 0.5) is 0 Å². The predicted molar refractivity (Wildman–Crippen MR) is 76.8 cm³/mol. The molecular weight excluding hydrogens is 256 g/mol. The molecule has 5 heteroatoms. The Labute approximate surface area is 117 Å². The highest BCUT2D eigenvalue weighted by Crippen LogP contribution is 2.23. The molecule has 20 heavy (non-hydrogen) atoms. The summed E-state index contributed by atoms with van der Waals surface area (Å²) in [7, 11) is 1.61. The molecule has 1 aromatic heterocycles. The number of carboxylic acids is 1. The van der Waals surface area contributed by atoms with Gasteiger partial charge in [-0.15, -0.1) is 0 Å². The zero-order valence-corrected chi connectivity index (χ0v) is 11.4. The number of para-hydroxylation sites is 1. The van der Waals surface area contributed by atoms with Crippen LogP contribution in [-0.2, 0) is 11.2 Å². The molecule has 0 aliphatic carbocycles. The Kier molecular flexibility index (Phi) is 4.53. The summed E-state index contributed by atoms with van der Waals surface area (Å²) in [4.78, 5) is 15.1. The molecule has 3 N–H and O–H groups in total. The molecule has 0 bridgehead atoms. The van der Waals surface area contributed by atoms with Gasteiger partial charge in [0, 0.05) is 30.0 Å². The zero-order chi connectivity index (χ0) is 14.5. The molecule has 0 aliphatic heterocycles. The maximum atomic E-state index is 10.5. The van der Waals surface area contributed by atoms with E-state index in [9.17, 15) is 4.79 Å². The number of hydrogen-bond donors (Lipinski definition) is 2. The summed E-state index contributed by atoms with van der Waals surface area (Å²) in [5.74, 6) is -0.1000. The number of ether oxygens (including phenoxy) is 1. The quantitative estimate of drug-likeness (QED) is 0.841. The van der Waals surface area contributed by atoms with E-state index in [1.165, 1.54) is 0 Å².